The zero-order valence-electron chi connectivity index (χ0n) is 13.3. The number of hydrogen-bond donors (Lipinski definition) is 0. The largest absolute Gasteiger partial charge is 0.378 e. The van der Waals surface area contributed by atoms with Crippen molar-refractivity contribution < 1.29 is 9.53 Å². The van der Waals surface area contributed by atoms with Gasteiger partial charge in [0.1, 0.15) is 6.29 Å². The average Bonchev–Trinajstić information content (AvgIpc) is 2.62. The standard InChI is InChI=1S/C20H23NO2/c22-13-11-20(18-9-5-2-6-10-18)21-12-14-23-16-19(21)15-17-7-3-1-4-8-17/h1-10,13,19-20H,11-12,14-16H2/t19?,20-/m0/s1. The molecular weight excluding hydrogens is 286 g/mol. The fourth-order valence-electron chi connectivity index (χ4n) is 3.37. The Morgan fingerprint density at radius 2 is 1.78 bits per heavy atom. The van der Waals surface area contributed by atoms with Crippen molar-refractivity contribution in [1.29, 1.82) is 0 Å². The van der Waals surface area contributed by atoms with Gasteiger partial charge < -0.3 is 9.53 Å². The second kappa shape index (κ2) is 8.04. The van der Waals surface area contributed by atoms with Gasteiger partial charge in [0.15, 0.2) is 0 Å². The van der Waals surface area contributed by atoms with Gasteiger partial charge in [-0.15, -0.1) is 0 Å². The Bertz CT molecular complexity index is 600. The molecule has 0 N–H and O–H groups in total. The Labute approximate surface area is 137 Å². The average molecular weight is 309 g/mol. The van der Waals surface area contributed by atoms with E-state index in [1.807, 2.05) is 24.3 Å². The van der Waals surface area contributed by atoms with Crippen LogP contribution in [0.15, 0.2) is 60.7 Å². The lowest BCUT2D eigenvalue weighted by atomic mass is 9.97. The maximum absolute atomic E-state index is 11.2. The Morgan fingerprint density at radius 3 is 2.48 bits per heavy atom. The first kappa shape index (κ1) is 15.9. The molecule has 0 amide bonds. The van der Waals surface area contributed by atoms with Crippen molar-refractivity contribution >= 4 is 6.29 Å². The number of carbonyl (C=O) groups excluding carboxylic acids is 1. The zero-order chi connectivity index (χ0) is 15.9. The number of aldehydes is 1. The third-order valence-electron chi connectivity index (χ3n) is 4.49. The monoisotopic (exact) mass is 309 g/mol. The SMILES string of the molecule is O=CC[C@@H](c1ccccc1)N1CCOCC1Cc1ccccc1. The van der Waals surface area contributed by atoms with Crippen molar-refractivity contribution in [3.63, 3.8) is 0 Å². The number of benzene rings is 2. The number of carbonyl (C=O) groups is 1. The third kappa shape index (κ3) is 4.06. The van der Waals surface area contributed by atoms with E-state index in [0.29, 0.717) is 12.5 Å². The highest BCUT2D eigenvalue weighted by atomic mass is 16.5. The van der Waals surface area contributed by atoms with Crippen LogP contribution >= 0.6 is 0 Å². The maximum atomic E-state index is 11.2. The fourth-order valence-corrected chi connectivity index (χ4v) is 3.37. The quantitative estimate of drug-likeness (QED) is 0.767. The molecule has 1 heterocycles. The first-order valence-corrected chi connectivity index (χ1v) is 8.24. The summed E-state index contributed by atoms with van der Waals surface area (Å²) in [6, 6.07) is 21.3. The molecule has 0 aliphatic carbocycles. The van der Waals surface area contributed by atoms with Gasteiger partial charge in [0, 0.05) is 25.0 Å². The van der Waals surface area contributed by atoms with Crippen molar-refractivity contribution in [2.45, 2.75) is 24.9 Å². The molecule has 3 rings (SSSR count). The molecule has 0 saturated carbocycles. The van der Waals surface area contributed by atoms with Crippen LogP contribution < -0.4 is 0 Å². The van der Waals surface area contributed by atoms with Crippen LogP contribution in [-0.4, -0.2) is 37.0 Å². The molecule has 1 aliphatic rings. The van der Waals surface area contributed by atoms with E-state index in [9.17, 15) is 4.79 Å². The van der Waals surface area contributed by atoms with E-state index in [4.69, 9.17) is 4.74 Å². The molecule has 2 aromatic rings. The zero-order valence-corrected chi connectivity index (χ0v) is 13.3. The normalized spacial score (nSPS) is 20.1. The van der Waals surface area contributed by atoms with Gasteiger partial charge in [-0.05, 0) is 17.5 Å². The highest BCUT2D eigenvalue weighted by Gasteiger charge is 2.30. The summed E-state index contributed by atoms with van der Waals surface area (Å²) in [7, 11) is 0. The molecule has 1 aliphatic heterocycles. The number of ether oxygens (including phenoxy) is 1. The van der Waals surface area contributed by atoms with Crippen molar-refractivity contribution in [3.8, 4) is 0 Å². The van der Waals surface area contributed by atoms with Gasteiger partial charge in [-0.2, -0.15) is 0 Å². The van der Waals surface area contributed by atoms with Crippen LogP contribution in [0.4, 0.5) is 0 Å². The van der Waals surface area contributed by atoms with E-state index in [2.05, 4.69) is 41.3 Å². The first-order valence-electron chi connectivity index (χ1n) is 8.24. The molecule has 3 nitrogen and oxygen atoms in total. The van der Waals surface area contributed by atoms with Crippen LogP contribution in [0.3, 0.4) is 0 Å². The van der Waals surface area contributed by atoms with E-state index in [1.54, 1.807) is 0 Å². The van der Waals surface area contributed by atoms with Crippen molar-refractivity contribution in [3.05, 3.63) is 71.8 Å². The van der Waals surface area contributed by atoms with Crippen LogP contribution in [0.5, 0.6) is 0 Å². The van der Waals surface area contributed by atoms with Gasteiger partial charge in [-0.1, -0.05) is 60.7 Å². The topological polar surface area (TPSA) is 29.5 Å². The molecule has 3 heteroatoms. The second-order valence-electron chi connectivity index (χ2n) is 5.99. The van der Waals surface area contributed by atoms with Gasteiger partial charge in [-0.25, -0.2) is 0 Å². The van der Waals surface area contributed by atoms with Gasteiger partial charge >= 0.3 is 0 Å². The summed E-state index contributed by atoms with van der Waals surface area (Å²) in [5.74, 6) is 0. The van der Waals surface area contributed by atoms with Gasteiger partial charge in [0.2, 0.25) is 0 Å². The Balaban J connectivity index is 1.82. The summed E-state index contributed by atoms with van der Waals surface area (Å²) >= 11 is 0. The molecule has 2 atom stereocenters. The summed E-state index contributed by atoms with van der Waals surface area (Å²) in [5.41, 5.74) is 2.52. The van der Waals surface area contributed by atoms with Gasteiger partial charge in [-0.3, -0.25) is 4.90 Å². The minimum atomic E-state index is 0.131. The summed E-state index contributed by atoms with van der Waals surface area (Å²) in [4.78, 5) is 13.7. The van der Waals surface area contributed by atoms with E-state index in [1.165, 1.54) is 11.1 Å². The van der Waals surface area contributed by atoms with Crippen LogP contribution in [-0.2, 0) is 16.0 Å². The molecule has 120 valence electrons. The fraction of sp³-hybridized carbons (Fsp3) is 0.350. The summed E-state index contributed by atoms with van der Waals surface area (Å²) in [6.45, 7) is 2.31. The van der Waals surface area contributed by atoms with Crippen LogP contribution in [0.1, 0.15) is 23.6 Å². The molecule has 0 spiro atoms. The minimum Gasteiger partial charge on any atom is -0.378 e. The van der Waals surface area contributed by atoms with Gasteiger partial charge in [0.25, 0.3) is 0 Å². The summed E-state index contributed by atoms with van der Waals surface area (Å²) in [5, 5.41) is 0. The molecule has 1 fully saturated rings. The third-order valence-corrected chi connectivity index (χ3v) is 4.49. The molecule has 0 aromatic heterocycles. The lowest BCUT2D eigenvalue weighted by Gasteiger charge is -2.41. The van der Waals surface area contributed by atoms with E-state index in [0.717, 1.165) is 32.5 Å². The smallest absolute Gasteiger partial charge is 0.121 e. The molecule has 0 radical (unpaired) electrons. The Hall–Kier alpha value is -1.97. The minimum absolute atomic E-state index is 0.131. The molecule has 1 saturated heterocycles. The lowest BCUT2D eigenvalue weighted by molar-refractivity contribution is -0.110. The maximum Gasteiger partial charge on any atom is 0.121 e. The Morgan fingerprint density at radius 1 is 1.09 bits per heavy atom. The second-order valence-corrected chi connectivity index (χ2v) is 5.99. The first-order chi connectivity index (χ1) is 11.4. The van der Waals surface area contributed by atoms with Crippen LogP contribution in [0.2, 0.25) is 0 Å². The molecule has 23 heavy (non-hydrogen) atoms. The van der Waals surface area contributed by atoms with Crippen molar-refractivity contribution in [1.82, 2.24) is 4.90 Å². The summed E-state index contributed by atoms with van der Waals surface area (Å²) in [6.07, 6.45) is 2.51. The lowest BCUT2D eigenvalue weighted by Crippen LogP contribution is -2.48. The number of morpholine rings is 1. The molecule has 1 unspecified atom stereocenters. The van der Waals surface area contributed by atoms with Crippen LogP contribution in [0.25, 0.3) is 0 Å². The van der Waals surface area contributed by atoms with E-state index < -0.39 is 0 Å². The molecule has 0 bridgehead atoms. The predicted octanol–water partition coefficient (Wildman–Crippen LogP) is 3.26. The van der Waals surface area contributed by atoms with Gasteiger partial charge in [0.05, 0.1) is 13.2 Å². The number of hydrogen-bond acceptors (Lipinski definition) is 3. The number of nitrogens with zero attached hydrogens (tertiary/aromatic N) is 1. The molecular formula is C20H23NO2. The van der Waals surface area contributed by atoms with Crippen LogP contribution in [0, 0.1) is 0 Å². The highest BCUT2D eigenvalue weighted by Crippen LogP contribution is 2.28. The summed E-state index contributed by atoms with van der Waals surface area (Å²) < 4.78 is 5.72. The predicted molar refractivity (Wildman–Crippen MR) is 91.3 cm³/mol. The Kier molecular flexibility index (Phi) is 5.56. The van der Waals surface area contributed by atoms with E-state index in [-0.39, 0.29) is 6.04 Å². The highest BCUT2D eigenvalue weighted by molar-refractivity contribution is 5.51. The van der Waals surface area contributed by atoms with Crippen molar-refractivity contribution in [2.75, 3.05) is 19.8 Å². The van der Waals surface area contributed by atoms with Crippen molar-refractivity contribution in [2.24, 2.45) is 0 Å². The number of rotatable bonds is 6. The van der Waals surface area contributed by atoms with E-state index >= 15 is 0 Å². The molecule has 2 aromatic carbocycles.